The highest BCUT2D eigenvalue weighted by molar-refractivity contribution is 9.11. The first kappa shape index (κ1) is 13.5. The molecule has 0 aromatic heterocycles. The second kappa shape index (κ2) is 6.25. The third kappa shape index (κ3) is 3.79. The van der Waals surface area contributed by atoms with E-state index in [1.165, 1.54) is 6.21 Å². The van der Waals surface area contributed by atoms with Gasteiger partial charge in [0.15, 0.2) is 0 Å². The number of rotatable bonds is 4. The van der Waals surface area contributed by atoms with Crippen molar-refractivity contribution in [3.05, 3.63) is 26.6 Å². The van der Waals surface area contributed by atoms with Crippen molar-refractivity contribution < 1.29 is 9.94 Å². The molecule has 5 heteroatoms. The Kier molecular flexibility index (Phi) is 5.28. The molecule has 1 aromatic carbocycles. The molecule has 0 spiro atoms. The van der Waals surface area contributed by atoms with E-state index in [4.69, 9.17) is 9.94 Å². The summed E-state index contributed by atoms with van der Waals surface area (Å²) in [5.41, 5.74) is 0.726. The Morgan fingerprint density at radius 3 is 2.69 bits per heavy atom. The van der Waals surface area contributed by atoms with E-state index in [9.17, 15) is 0 Å². The summed E-state index contributed by atoms with van der Waals surface area (Å²) in [5, 5.41) is 11.6. The number of hydrogen-bond donors (Lipinski definition) is 1. The molecular weight excluding hydrogens is 338 g/mol. The average Bonchev–Trinajstić information content (AvgIpc) is 2.16. The molecule has 3 nitrogen and oxygen atoms in total. The lowest BCUT2D eigenvalue weighted by Crippen LogP contribution is -2.06. The molecular formula is C11H13Br2NO2. The van der Waals surface area contributed by atoms with Crippen molar-refractivity contribution in [2.45, 2.75) is 13.8 Å². The average molecular weight is 351 g/mol. The van der Waals surface area contributed by atoms with Gasteiger partial charge in [-0.3, -0.25) is 0 Å². The van der Waals surface area contributed by atoms with Crippen molar-refractivity contribution in [1.29, 1.82) is 0 Å². The molecule has 1 rings (SSSR count). The Morgan fingerprint density at radius 1 is 1.44 bits per heavy atom. The Morgan fingerprint density at radius 2 is 2.12 bits per heavy atom. The van der Waals surface area contributed by atoms with Crippen LogP contribution in [0.5, 0.6) is 5.75 Å². The lowest BCUT2D eigenvalue weighted by atomic mass is 10.2. The summed E-state index contributed by atoms with van der Waals surface area (Å²) in [4.78, 5) is 0. The molecule has 0 atom stereocenters. The topological polar surface area (TPSA) is 41.8 Å². The monoisotopic (exact) mass is 349 g/mol. The number of halogens is 2. The van der Waals surface area contributed by atoms with Gasteiger partial charge in [0, 0.05) is 10.0 Å². The van der Waals surface area contributed by atoms with E-state index in [2.05, 4.69) is 50.9 Å². The summed E-state index contributed by atoms with van der Waals surface area (Å²) >= 11 is 6.79. The van der Waals surface area contributed by atoms with Crippen molar-refractivity contribution in [2.75, 3.05) is 6.61 Å². The van der Waals surface area contributed by atoms with Crippen LogP contribution in [0.3, 0.4) is 0 Å². The first-order valence-corrected chi connectivity index (χ1v) is 6.42. The van der Waals surface area contributed by atoms with Crippen LogP contribution in [0.4, 0.5) is 0 Å². The summed E-state index contributed by atoms with van der Waals surface area (Å²) in [6, 6.07) is 3.73. The number of oxime groups is 1. The minimum Gasteiger partial charge on any atom is -0.491 e. The Bertz CT molecular complexity index is 392. The van der Waals surface area contributed by atoms with E-state index in [-0.39, 0.29) is 0 Å². The summed E-state index contributed by atoms with van der Waals surface area (Å²) in [6.45, 7) is 4.77. The quantitative estimate of drug-likeness (QED) is 0.505. The zero-order chi connectivity index (χ0) is 12.1. The van der Waals surface area contributed by atoms with Crippen LogP contribution in [0.2, 0.25) is 0 Å². The van der Waals surface area contributed by atoms with Gasteiger partial charge in [-0.2, -0.15) is 0 Å². The van der Waals surface area contributed by atoms with Crippen molar-refractivity contribution in [2.24, 2.45) is 11.1 Å². The van der Waals surface area contributed by atoms with Crippen molar-refractivity contribution in [3.8, 4) is 5.75 Å². The highest BCUT2D eigenvalue weighted by atomic mass is 79.9. The molecule has 0 radical (unpaired) electrons. The minimum absolute atomic E-state index is 0.439. The first-order valence-electron chi connectivity index (χ1n) is 4.84. The molecule has 0 saturated carbocycles. The Balaban J connectivity index is 3.03. The second-order valence-corrected chi connectivity index (χ2v) is 5.53. The molecule has 0 fully saturated rings. The molecule has 0 saturated heterocycles. The lowest BCUT2D eigenvalue weighted by molar-refractivity contribution is 0.268. The molecule has 0 aliphatic carbocycles. The molecule has 0 unspecified atom stereocenters. The van der Waals surface area contributed by atoms with Gasteiger partial charge in [-0.25, -0.2) is 0 Å². The second-order valence-electron chi connectivity index (χ2n) is 3.76. The van der Waals surface area contributed by atoms with Gasteiger partial charge in [0.05, 0.1) is 17.3 Å². The third-order valence-corrected chi connectivity index (χ3v) is 2.84. The third-order valence-electron chi connectivity index (χ3n) is 1.79. The van der Waals surface area contributed by atoms with Crippen LogP contribution in [0.15, 0.2) is 26.2 Å². The van der Waals surface area contributed by atoms with E-state index < -0.39 is 0 Å². The van der Waals surface area contributed by atoms with Gasteiger partial charge in [0.2, 0.25) is 0 Å². The zero-order valence-electron chi connectivity index (χ0n) is 9.08. The van der Waals surface area contributed by atoms with Crippen molar-refractivity contribution in [1.82, 2.24) is 0 Å². The molecule has 88 valence electrons. The van der Waals surface area contributed by atoms with Gasteiger partial charge in [-0.05, 0) is 34.0 Å². The fourth-order valence-corrected chi connectivity index (χ4v) is 2.51. The first-order chi connectivity index (χ1) is 7.54. The minimum atomic E-state index is 0.439. The van der Waals surface area contributed by atoms with Gasteiger partial charge < -0.3 is 9.94 Å². The molecule has 1 aromatic rings. The molecule has 0 aliphatic heterocycles. The highest BCUT2D eigenvalue weighted by Gasteiger charge is 2.09. The molecule has 0 aliphatic rings. The van der Waals surface area contributed by atoms with E-state index in [1.54, 1.807) is 0 Å². The number of hydrogen-bond acceptors (Lipinski definition) is 3. The lowest BCUT2D eigenvalue weighted by Gasteiger charge is -2.13. The summed E-state index contributed by atoms with van der Waals surface area (Å²) in [6.07, 6.45) is 1.35. The Labute approximate surface area is 112 Å². The fraction of sp³-hybridized carbons (Fsp3) is 0.364. The largest absolute Gasteiger partial charge is 0.491 e. The zero-order valence-corrected chi connectivity index (χ0v) is 12.2. The maximum Gasteiger partial charge on any atom is 0.142 e. The molecule has 0 bridgehead atoms. The summed E-state index contributed by atoms with van der Waals surface area (Å²) in [7, 11) is 0. The van der Waals surface area contributed by atoms with Crippen molar-refractivity contribution >= 4 is 38.1 Å². The van der Waals surface area contributed by atoms with E-state index >= 15 is 0 Å². The summed E-state index contributed by atoms with van der Waals surface area (Å²) in [5.74, 6) is 1.13. The standard InChI is InChI=1S/C11H13Br2NO2/c1-7(2)6-16-11-8(5-14-15)3-9(12)4-10(11)13/h3-5,7,15H,6H2,1-2H3/b14-5-. The van der Waals surface area contributed by atoms with Gasteiger partial charge in [-0.15, -0.1) is 0 Å². The van der Waals surface area contributed by atoms with E-state index in [0.29, 0.717) is 18.3 Å². The highest BCUT2D eigenvalue weighted by Crippen LogP contribution is 2.32. The van der Waals surface area contributed by atoms with Gasteiger partial charge in [-0.1, -0.05) is 34.9 Å². The predicted octanol–water partition coefficient (Wildman–Crippen LogP) is 4.05. The molecule has 0 amide bonds. The van der Waals surface area contributed by atoms with E-state index in [0.717, 1.165) is 14.5 Å². The van der Waals surface area contributed by atoms with E-state index in [1.807, 2.05) is 12.1 Å². The van der Waals surface area contributed by atoms with Crippen LogP contribution in [0, 0.1) is 5.92 Å². The maximum absolute atomic E-state index is 8.59. The van der Waals surface area contributed by atoms with Crippen LogP contribution in [-0.4, -0.2) is 18.0 Å². The van der Waals surface area contributed by atoms with Crippen LogP contribution < -0.4 is 4.74 Å². The molecule has 16 heavy (non-hydrogen) atoms. The van der Waals surface area contributed by atoms with Crippen LogP contribution in [0.1, 0.15) is 19.4 Å². The smallest absolute Gasteiger partial charge is 0.142 e. The Hall–Kier alpha value is -0.550. The van der Waals surface area contributed by atoms with Crippen LogP contribution in [-0.2, 0) is 0 Å². The van der Waals surface area contributed by atoms with Crippen LogP contribution >= 0.6 is 31.9 Å². The molecule has 0 heterocycles. The van der Waals surface area contributed by atoms with Gasteiger partial charge in [0.25, 0.3) is 0 Å². The normalized spacial score (nSPS) is 11.3. The maximum atomic E-state index is 8.59. The van der Waals surface area contributed by atoms with Gasteiger partial charge >= 0.3 is 0 Å². The fourth-order valence-electron chi connectivity index (χ4n) is 1.14. The van der Waals surface area contributed by atoms with Gasteiger partial charge in [0.1, 0.15) is 5.75 Å². The van der Waals surface area contributed by atoms with Crippen LogP contribution in [0.25, 0.3) is 0 Å². The molecule has 1 N–H and O–H groups in total. The number of nitrogens with zero attached hydrogens (tertiary/aromatic N) is 1. The summed E-state index contributed by atoms with van der Waals surface area (Å²) < 4.78 is 7.39. The van der Waals surface area contributed by atoms with Crippen molar-refractivity contribution in [3.63, 3.8) is 0 Å². The SMILES string of the molecule is CC(C)COc1c(Br)cc(Br)cc1/C=N\O. The predicted molar refractivity (Wildman–Crippen MR) is 71.6 cm³/mol. The number of ether oxygens (including phenoxy) is 1. The number of benzene rings is 1.